The molecule has 7 nitrogen and oxygen atoms in total. The molecule has 1 saturated heterocycles. The van der Waals surface area contributed by atoms with Crippen LogP contribution in [-0.2, 0) is 9.84 Å². The number of sulfone groups is 1. The van der Waals surface area contributed by atoms with Crippen LogP contribution >= 0.6 is 0 Å². The van der Waals surface area contributed by atoms with Gasteiger partial charge in [0.05, 0.1) is 17.0 Å². The molecule has 0 spiro atoms. The molecule has 26 heavy (non-hydrogen) atoms. The number of fused-ring (bicyclic) bond motifs is 1. The van der Waals surface area contributed by atoms with E-state index < -0.39 is 9.84 Å². The Labute approximate surface area is 150 Å². The monoisotopic (exact) mass is 368 g/mol. The lowest BCUT2D eigenvalue weighted by Crippen LogP contribution is -2.36. The summed E-state index contributed by atoms with van der Waals surface area (Å²) < 4.78 is 23.2. The molecule has 1 unspecified atom stereocenters. The van der Waals surface area contributed by atoms with Gasteiger partial charge in [-0.2, -0.15) is 0 Å². The van der Waals surface area contributed by atoms with E-state index >= 15 is 0 Å². The van der Waals surface area contributed by atoms with E-state index in [9.17, 15) is 13.2 Å². The van der Waals surface area contributed by atoms with Crippen molar-refractivity contribution < 1.29 is 13.2 Å². The van der Waals surface area contributed by atoms with Gasteiger partial charge >= 0.3 is 0 Å². The van der Waals surface area contributed by atoms with Crippen molar-refractivity contribution in [2.24, 2.45) is 0 Å². The highest BCUT2D eigenvalue weighted by Gasteiger charge is 2.29. The minimum atomic E-state index is -3.06. The average Bonchev–Trinajstić information content (AvgIpc) is 2.99. The van der Waals surface area contributed by atoms with E-state index in [1.165, 1.54) is 0 Å². The quantitative estimate of drug-likeness (QED) is 0.753. The maximum atomic E-state index is 12.6. The third kappa shape index (κ3) is 3.28. The van der Waals surface area contributed by atoms with Gasteiger partial charge in [0.1, 0.15) is 5.69 Å². The summed E-state index contributed by atoms with van der Waals surface area (Å²) >= 11 is 0. The van der Waals surface area contributed by atoms with E-state index in [2.05, 4.69) is 20.3 Å². The van der Waals surface area contributed by atoms with Gasteiger partial charge in [-0.15, -0.1) is 0 Å². The van der Waals surface area contributed by atoms with Gasteiger partial charge in [-0.3, -0.25) is 14.8 Å². The number of nitrogens with zero attached hydrogens (tertiary/aromatic N) is 3. The smallest absolute Gasteiger partial charge is 0.270 e. The number of hydrogen-bond donors (Lipinski definition) is 1. The molecule has 3 aromatic heterocycles. The molecule has 1 aliphatic heterocycles. The highest BCUT2D eigenvalue weighted by molar-refractivity contribution is 7.91. The molecule has 0 radical (unpaired) electrons. The van der Waals surface area contributed by atoms with E-state index in [-0.39, 0.29) is 29.1 Å². The summed E-state index contributed by atoms with van der Waals surface area (Å²) in [5, 5.41) is 3.62. The third-order valence-corrected chi connectivity index (χ3v) is 6.17. The van der Waals surface area contributed by atoms with E-state index in [0.29, 0.717) is 11.9 Å². The number of aromatic nitrogens is 3. The number of pyridine rings is 3. The van der Waals surface area contributed by atoms with Crippen molar-refractivity contribution in [3.63, 3.8) is 0 Å². The van der Waals surface area contributed by atoms with Gasteiger partial charge in [0.25, 0.3) is 5.91 Å². The van der Waals surface area contributed by atoms with Gasteiger partial charge in [-0.1, -0.05) is 0 Å². The first kappa shape index (κ1) is 16.6. The first-order valence-electron chi connectivity index (χ1n) is 8.18. The zero-order chi connectivity index (χ0) is 18.1. The molecule has 1 fully saturated rings. The molecule has 1 N–H and O–H groups in total. The molecule has 4 rings (SSSR count). The maximum absolute atomic E-state index is 12.6. The van der Waals surface area contributed by atoms with E-state index in [1.807, 2.05) is 12.1 Å². The molecule has 0 saturated carbocycles. The zero-order valence-corrected chi connectivity index (χ0v) is 14.6. The molecule has 0 aromatic carbocycles. The van der Waals surface area contributed by atoms with Crippen molar-refractivity contribution in [3.8, 4) is 11.1 Å². The molecular weight excluding hydrogens is 352 g/mol. The number of carbonyl (C=O) groups is 1. The van der Waals surface area contributed by atoms with Crippen LogP contribution in [0.3, 0.4) is 0 Å². The lowest BCUT2D eigenvalue weighted by atomic mass is 10.0. The van der Waals surface area contributed by atoms with Crippen LogP contribution in [-0.4, -0.2) is 46.8 Å². The third-order valence-electron chi connectivity index (χ3n) is 4.40. The lowest BCUT2D eigenvalue weighted by molar-refractivity contribution is 0.0936. The second-order valence-corrected chi connectivity index (χ2v) is 8.49. The predicted octanol–water partition coefficient (Wildman–Crippen LogP) is 1.61. The topological polar surface area (TPSA) is 102 Å². The molecule has 3 aromatic rings. The largest absolute Gasteiger partial charge is 0.347 e. The summed E-state index contributed by atoms with van der Waals surface area (Å²) in [5.41, 5.74) is 2.63. The first-order valence-corrected chi connectivity index (χ1v) is 10.0. The zero-order valence-electron chi connectivity index (χ0n) is 13.8. The van der Waals surface area contributed by atoms with E-state index in [0.717, 1.165) is 16.5 Å². The minimum Gasteiger partial charge on any atom is -0.347 e. The fourth-order valence-electron chi connectivity index (χ4n) is 3.12. The summed E-state index contributed by atoms with van der Waals surface area (Å²) in [7, 11) is -3.06. The van der Waals surface area contributed by atoms with Crippen LogP contribution in [0.4, 0.5) is 0 Å². The molecule has 4 heterocycles. The van der Waals surface area contributed by atoms with Crippen LogP contribution in [0.15, 0.2) is 49.1 Å². The number of amides is 1. The Morgan fingerprint density at radius 3 is 2.62 bits per heavy atom. The highest BCUT2D eigenvalue weighted by atomic mass is 32.2. The lowest BCUT2D eigenvalue weighted by Gasteiger charge is -2.13. The Kier molecular flexibility index (Phi) is 4.12. The van der Waals surface area contributed by atoms with Gasteiger partial charge in [0.2, 0.25) is 0 Å². The van der Waals surface area contributed by atoms with Crippen LogP contribution in [0.1, 0.15) is 16.9 Å². The van der Waals surface area contributed by atoms with E-state index in [1.54, 1.807) is 36.9 Å². The second kappa shape index (κ2) is 6.45. The van der Waals surface area contributed by atoms with Crippen LogP contribution in [0.5, 0.6) is 0 Å². The maximum Gasteiger partial charge on any atom is 0.270 e. The molecule has 1 amide bonds. The molecule has 1 aliphatic rings. The summed E-state index contributed by atoms with van der Waals surface area (Å²) in [4.78, 5) is 25.2. The van der Waals surface area contributed by atoms with Gasteiger partial charge in [0, 0.05) is 36.2 Å². The van der Waals surface area contributed by atoms with Crippen molar-refractivity contribution in [1.82, 2.24) is 20.3 Å². The van der Waals surface area contributed by atoms with Crippen molar-refractivity contribution in [2.45, 2.75) is 12.5 Å². The fraction of sp³-hybridized carbons (Fsp3) is 0.222. The predicted molar refractivity (Wildman–Crippen MR) is 97.3 cm³/mol. The van der Waals surface area contributed by atoms with Gasteiger partial charge in [-0.25, -0.2) is 13.4 Å². The molecular formula is C18H16N4O3S. The van der Waals surface area contributed by atoms with Crippen molar-refractivity contribution in [2.75, 3.05) is 11.5 Å². The highest BCUT2D eigenvalue weighted by Crippen LogP contribution is 2.27. The van der Waals surface area contributed by atoms with Crippen LogP contribution in [0.25, 0.3) is 22.0 Å². The van der Waals surface area contributed by atoms with Crippen molar-refractivity contribution in [1.29, 1.82) is 0 Å². The minimum absolute atomic E-state index is 0.0204. The second-order valence-electron chi connectivity index (χ2n) is 6.26. The molecule has 1 atom stereocenters. The molecule has 0 aliphatic carbocycles. The molecule has 8 heteroatoms. The van der Waals surface area contributed by atoms with Crippen LogP contribution in [0.2, 0.25) is 0 Å². The molecule has 0 bridgehead atoms. The number of carbonyl (C=O) groups excluding carboxylic acids is 1. The van der Waals surface area contributed by atoms with E-state index in [4.69, 9.17) is 0 Å². The van der Waals surface area contributed by atoms with Crippen LogP contribution in [0, 0.1) is 0 Å². The van der Waals surface area contributed by atoms with Gasteiger partial charge in [0.15, 0.2) is 9.84 Å². The van der Waals surface area contributed by atoms with Crippen molar-refractivity contribution >= 4 is 26.6 Å². The Morgan fingerprint density at radius 1 is 1.12 bits per heavy atom. The first-order chi connectivity index (χ1) is 12.5. The SMILES string of the molecule is O=C(NC1CCS(=O)(=O)C1)c1cc(-c2ccncc2)c2cnccc2n1. The summed E-state index contributed by atoms with van der Waals surface area (Å²) in [6, 6.07) is 6.79. The normalized spacial score (nSPS) is 18.7. The molecule has 132 valence electrons. The number of hydrogen-bond acceptors (Lipinski definition) is 6. The van der Waals surface area contributed by atoms with Gasteiger partial charge in [-0.05, 0) is 41.8 Å². The summed E-state index contributed by atoms with van der Waals surface area (Å²) in [6.07, 6.45) is 7.13. The Hall–Kier alpha value is -2.87. The Bertz CT molecular complexity index is 1080. The van der Waals surface area contributed by atoms with Crippen LogP contribution < -0.4 is 5.32 Å². The summed E-state index contributed by atoms with van der Waals surface area (Å²) in [5.74, 6) is -0.286. The number of rotatable bonds is 3. The average molecular weight is 368 g/mol. The summed E-state index contributed by atoms with van der Waals surface area (Å²) in [6.45, 7) is 0. The van der Waals surface area contributed by atoms with Crippen molar-refractivity contribution in [3.05, 3.63) is 54.7 Å². The Morgan fingerprint density at radius 2 is 1.88 bits per heavy atom. The number of nitrogens with one attached hydrogen (secondary N) is 1. The Balaban J connectivity index is 1.73. The van der Waals surface area contributed by atoms with Gasteiger partial charge < -0.3 is 5.32 Å². The fourth-order valence-corrected chi connectivity index (χ4v) is 4.80. The standard InChI is InChI=1S/C18H16N4O3S/c23-18(21-13-4-8-26(24,25)11-13)17-9-14(12-1-5-19-6-2-12)15-10-20-7-3-16(15)22-17/h1-3,5-7,9-10,13H,4,8,11H2,(H,21,23).